The fourth-order valence-corrected chi connectivity index (χ4v) is 3.09. The molecule has 0 fully saturated rings. The number of hydrogen-bond acceptors (Lipinski definition) is 4. The number of hydrogen-bond donors (Lipinski definition) is 2. The van der Waals surface area contributed by atoms with Gasteiger partial charge in [0.05, 0.1) is 22.8 Å². The number of alkyl carbamates (subject to hydrolysis) is 1. The minimum atomic E-state index is -0.545. The third-order valence-electron chi connectivity index (χ3n) is 4.58. The molecule has 0 saturated heterocycles. The Morgan fingerprint density at radius 3 is 2.26 bits per heavy atom. The first-order valence-corrected chi connectivity index (χ1v) is 10.1. The van der Waals surface area contributed by atoms with Crippen LogP contribution in [-0.2, 0) is 11.3 Å². The quantitative estimate of drug-likeness (QED) is 0.623. The summed E-state index contributed by atoms with van der Waals surface area (Å²) in [4.78, 5) is 24.5. The third kappa shape index (κ3) is 5.72. The van der Waals surface area contributed by atoms with Crippen molar-refractivity contribution in [2.75, 3.05) is 5.32 Å². The Balaban J connectivity index is 1.65. The van der Waals surface area contributed by atoms with Gasteiger partial charge in [0, 0.05) is 12.1 Å². The minimum Gasteiger partial charge on any atom is -0.444 e. The summed E-state index contributed by atoms with van der Waals surface area (Å²) in [6.45, 7) is 9.55. The zero-order chi connectivity index (χ0) is 22.6. The van der Waals surface area contributed by atoms with Gasteiger partial charge in [-0.15, -0.1) is 0 Å². The van der Waals surface area contributed by atoms with E-state index in [0.29, 0.717) is 17.8 Å². The summed E-state index contributed by atoms with van der Waals surface area (Å²) >= 11 is 0. The maximum Gasteiger partial charge on any atom is 0.407 e. The van der Waals surface area contributed by atoms with Crippen LogP contribution in [0, 0.1) is 13.8 Å². The molecule has 3 aromatic rings. The van der Waals surface area contributed by atoms with Gasteiger partial charge in [0.1, 0.15) is 5.60 Å². The lowest BCUT2D eigenvalue weighted by atomic mass is 10.1. The number of nitrogens with zero attached hydrogens (tertiary/aromatic N) is 2. The molecule has 0 spiro atoms. The van der Waals surface area contributed by atoms with Crippen LogP contribution in [0.25, 0.3) is 5.69 Å². The van der Waals surface area contributed by atoms with Crippen LogP contribution >= 0.6 is 0 Å². The van der Waals surface area contributed by atoms with Crippen LogP contribution < -0.4 is 10.6 Å². The van der Waals surface area contributed by atoms with Gasteiger partial charge in [-0.2, -0.15) is 5.10 Å². The molecule has 0 aliphatic heterocycles. The van der Waals surface area contributed by atoms with Crippen molar-refractivity contribution < 1.29 is 14.3 Å². The number of carbonyl (C=O) groups excluding carboxylic acids is 2. The predicted molar refractivity (Wildman–Crippen MR) is 121 cm³/mol. The van der Waals surface area contributed by atoms with E-state index in [-0.39, 0.29) is 5.91 Å². The molecule has 31 heavy (non-hydrogen) atoms. The second-order valence-electron chi connectivity index (χ2n) is 8.30. The Kier molecular flexibility index (Phi) is 6.44. The summed E-state index contributed by atoms with van der Waals surface area (Å²) in [5.74, 6) is -0.217. The molecule has 7 heteroatoms. The number of nitrogens with one attached hydrogen (secondary N) is 2. The number of anilines is 1. The highest BCUT2D eigenvalue weighted by molar-refractivity contribution is 6.04. The maximum atomic E-state index is 12.8. The lowest BCUT2D eigenvalue weighted by molar-refractivity contribution is 0.0523. The molecule has 2 amide bonds. The van der Waals surface area contributed by atoms with Gasteiger partial charge in [0.15, 0.2) is 0 Å². The standard InChI is InChI=1S/C24H28N4O3/c1-16-21(17(2)28(27-16)20-9-7-6-8-10-20)26-22(29)19-13-11-18(12-14-19)15-25-23(30)31-24(3,4)5/h6-14H,15H2,1-5H3,(H,25,30)(H,26,29). The Morgan fingerprint density at radius 1 is 1.00 bits per heavy atom. The molecule has 3 rings (SSSR count). The van der Waals surface area contributed by atoms with Gasteiger partial charge in [-0.05, 0) is 64.4 Å². The summed E-state index contributed by atoms with van der Waals surface area (Å²) < 4.78 is 7.04. The number of aromatic nitrogens is 2. The number of benzene rings is 2. The van der Waals surface area contributed by atoms with Crippen molar-refractivity contribution in [3.63, 3.8) is 0 Å². The van der Waals surface area contributed by atoms with E-state index < -0.39 is 11.7 Å². The Labute approximate surface area is 182 Å². The van der Waals surface area contributed by atoms with Crippen molar-refractivity contribution >= 4 is 17.7 Å². The molecule has 0 saturated carbocycles. The topological polar surface area (TPSA) is 85.3 Å². The van der Waals surface area contributed by atoms with Crippen LogP contribution in [0.3, 0.4) is 0 Å². The van der Waals surface area contributed by atoms with Crippen LogP contribution in [0.15, 0.2) is 54.6 Å². The monoisotopic (exact) mass is 420 g/mol. The Bertz CT molecular complexity index is 1060. The highest BCUT2D eigenvalue weighted by atomic mass is 16.6. The van der Waals surface area contributed by atoms with E-state index in [1.807, 2.05) is 69.6 Å². The van der Waals surface area contributed by atoms with E-state index in [1.54, 1.807) is 24.3 Å². The van der Waals surface area contributed by atoms with Gasteiger partial charge < -0.3 is 15.4 Å². The molecule has 162 valence electrons. The molecule has 0 aliphatic carbocycles. The number of rotatable bonds is 5. The highest BCUT2D eigenvalue weighted by Crippen LogP contribution is 2.23. The summed E-state index contributed by atoms with van der Waals surface area (Å²) in [6.07, 6.45) is -0.476. The predicted octanol–water partition coefficient (Wildman–Crippen LogP) is 4.77. The largest absolute Gasteiger partial charge is 0.444 e. The Morgan fingerprint density at radius 2 is 1.65 bits per heavy atom. The molecule has 1 heterocycles. The molecule has 1 aromatic heterocycles. The summed E-state index contributed by atoms with van der Waals surface area (Å²) in [5, 5.41) is 10.2. The van der Waals surface area contributed by atoms with Crippen molar-refractivity contribution in [2.45, 2.75) is 46.8 Å². The molecule has 0 unspecified atom stereocenters. The number of aryl methyl sites for hydroxylation is 1. The smallest absolute Gasteiger partial charge is 0.407 e. The summed E-state index contributed by atoms with van der Waals surface area (Å²) in [6, 6.07) is 16.8. The molecule has 0 bridgehead atoms. The SMILES string of the molecule is Cc1nn(-c2ccccc2)c(C)c1NC(=O)c1ccc(CNC(=O)OC(C)(C)C)cc1. The zero-order valence-electron chi connectivity index (χ0n) is 18.5. The lowest BCUT2D eigenvalue weighted by Gasteiger charge is -2.19. The molecule has 7 nitrogen and oxygen atoms in total. The second-order valence-corrected chi connectivity index (χ2v) is 8.30. The van der Waals surface area contributed by atoms with E-state index >= 15 is 0 Å². The van der Waals surface area contributed by atoms with Crippen molar-refractivity contribution in [3.8, 4) is 5.69 Å². The van der Waals surface area contributed by atoms with Gasteiger partial charge in [-0.1, -0.05) is 30.3 Å². The maximum absolute atomic E-state index is 12.8. The van der Waals surface area contributed by atoms with Crippen molar-refractivity contribution in [1.82, 2.24) is 15.1 Å². The molecular formula is C24H28N4O3. The number of ether oxygens (including phenoxy) is 1. The van der Waals surface area contributed by atoms with Gasteiger partial charge in [0.25, 0.3) is 5.91 Å². The van der Waals surface area contributed by atoms with Gasteiger partial charge in [-0.25, -0.2) is 9.48 Å². The second kappa shape index (κ2) is 9.04. The Hall–Kier alpha value is -3.61. The van der Waals surface area contributed by atoms with E-state index in [2.05, 4.69) is 15.7 Å². The fraction of sp³-hybridized carbons (Fsp3) is 0.292. The van der Waals surface area contributed by atoms with E-state index in [9.17, 15) is 9.59 Å². The first-order chi connectivity index (χ1) is 14.6. The molecule has 0 aliphatic rings. The molecule has 2 N–H and O–H groups in total. The third-order valence-corrected chi connectivity index (χ3v) is 4.58. The van der Waals surface area contributed by atoms with Crippen LogP contribution in [0.4, 0.5) is 10.5 Å². The van der Waals surface area contributed by atoms with Crippen molar-refractivity contribution in [2.24, 2.45) is 0 Å². The molecule has 2 aromatic carbocycles. The average molecular weight is 421 g/mol. The fourth-order valence-electron chi connectivity index (χ4n) is 3.09. The molecule has 0 radical (unpaired) electrons. The van der Waals surface area contributed by atoms with Crippen molar-refractivity contribution in [1.29, 1.82) is 0 Å². The van der Waals surface area contributed by atoms with Crippen LogP contribution in [0.2, 0.25) is 0 Å². The minimum absolute atomic E-state index is 0.217. The average Bonchev–Trinajstić information content (AvgIpc) is 3.00. The van der Waals surface area contributed by atoms with Crippen LogP contribution in [-0.4, -0.2) is 27.4 Å². The van der Waals surface area contributed by atoms with Gasteiger partial charge in [-0.3, -0.25) is 4.79 Å². The van der Waals surface area contributed by atoms with Crippen molar-refractivity contribution in [3.05, 3.63) is 77.1 Å². The van der Waals surface area contributed by atoms with E-state index in [0.717, 1.165) is 22.6 Å². The van der Waals surface area contributed by atoms with Crippen LogP contribution in [0.1, 0.15) is 48.1 Å². The first kappa shape index (κ1) is 22.1. The molecular weight excluding hydrogens is 392 g/mol. The number of carbonyl (C=O) groups is 2. The normalized spacial score (nSPS) is 11.1. The zero-order valence-corrected chi connectivity index (χ0v) is 18.5. The molecule has 0 atom stereocenters. The highest BCUT2D eigenvalue weighted by Gasteiger charge is 2.17. The number of para-hydroxylation sites is 1. The van der Waals surface area contributed by atoms with Crippen LogP contribution in [0.5, 0.6) is 0 Å². The van der Waals surface area contributed by atoms with E-state index in [1.165, 1.54) is 0 Å². The van der Waals surface area contributed by atoms with Gasteiger partial charge >= 0.3 is 6.09 Å². The van der Waals surface area contributed by atoms with Gasteiger partial charge in [0.2, 0.25) is 0 Å². The summed E-state index contributed by atoms with van der Waals surface area (Å²) in [7, 11) is 0. The lowest BCUT2D eigenvalue weighted by Crippen LogP contribution is -2.32. The number of amides is 2. The first-order valence-electron chi connectivity index (χ1n) is 10.1. The summed E-state index contributed by atoms with van der Waals surface area (Å²) in [5.41, 5.74) is 4.08. The van der Waals surface area contributed by atoms with E-state index in [4.69, 9.17) is 4.74 Å².